The smallest absolute Gasteiger partial charge is 0.404 e. The highest BCUT2D eigenvalue weighted by Gasteiger charge is 2.12. The second-order valence-corrected chi connectivity index (χ2v) is 1.59. The van der Waals surface area contributed by atoms with E-state index in [4.69, 9.17) is 5.11 Å². The molecule has 0 unspecified atom stereocenters. The molecule has 1 heterocycles. The lowest BCUT2D eigenvalue weighted by Crippen LogP contribution is -2.34. The normalized spacial score (nSPS) is 9.20. The maximum Gasteiger partial charge on any atom is 0.404 e. The standard InChI is InChI=1S/C5H4N2O3/c8-5(9)4-3-6-1-2-7(4)10/h1-3H,(H,8,9). The Morgan fingerprint density at radius 2 is 2.50 bits per heavy atom. The zero-order valence-corrected chi connectivity index (χ0v) is 4.89. The molecule has 0 aliphatic carbocycles. The van der Waals surface area contributed by atoms with Gasteiger partial charge in [0.1, 0.15) is 6.20 Å². The van der Waals surface area contributed by atoms with Crippen molar-refractivity contribution >= 4 is 5.97 Å². The predicted molar refractivity (Wildman–Crippen MR) is 30.2 cm³/mol. The minimum atomic E-state index is -1.27. The summed E-state index contributed by atoms with van der Waals surface area (Å²) >= 11 is 0. The number of carboxylic acid groups (broad SMARTS) is 1. The molecule has 10 heavy (non-hydrogen) atoms. The first-order valence-electron chi connectivity index (χ1n) is 2.48. The van der Waals surface area contributed by atoms with Crippen LogP contribution in [-0.2, 0) is 0 Å². The topological polar surface area (TPSA) is 77.1 Å². The van der Waals surface area contributed by atoms with Crippen LogP contribution < -0.4 is 4.73 Å². The van der Waals surface area contributed by atoms with E-state index >= 15 is 0 Å². The van der Waals surface area contributed by atoms with E-state index in [0.717, 1.165) is 12.4 Å². The van der Waals surface area contributed by atoms with Crippen molar-refractivity contribution < 1.29 is 14.6 Å². The van der Waals surface area contributed by atoms with Gasteiger partial charge in [-0.1, -0.05) is 0 Å². The van der Waals surface area contributed by atoms with Gasteiger partial charge in [0.2, 0.25) is 0 Å². The van der Waals surface area contributed by atoms with Crippen molar-refractivity contribution in [2.45, 2.75) is 0 Å². The second-order valence-electron chi connectivity index (χ2n) is 1.59. The number of nitrogens with zero attached hydrogens (tertiary/aromatic N) is 2. The van der Waals surface area contributed by atoms with Gasteiger partial charge in [-0.15, -0.1) is 0 Å². The maximum absolute atomic E-state index is 10.6. The molecule has 1 aromatic heterocycles. The van der Waals surface area contributed by atoms with Gasteiger partial charge in [0.05, 0.1) is 6.20 Å². The molecule has 0 aliphatic heterocycles. The summed E-state index contributed by atoms with van der Waals surface area (Å²) in [7, 11) is 0. The molecule has 1 rings (SSSR count). The molecule has 0 amide bonds. The molecule has 0 bridgehead atoms. The second kappa shape index (κ2) is 2.30. The van der Waals surface area contributed by atoms with Crippen LogP contribution in [0, 0.1) is 5.21 Å². The summed E-state index contributed by atoms with van der Waals surface area (Å²) in [5.74, 6) is -1.27. The van der Waals surface area contributed by atoms with Crippen LogP contribution in [0.2, 0.25) is 0 Å². The fraction of sp³-hybridized carbons (Fsp3) is 0. The molecule has 0 spiro atoms. The van der Waals surface area contributed by atoms with E-state index in [1.807, 2.05) is 0 Å². The largest absolute Gasteiger partial charge is 0.618 e. The first-order valence-corrected chi connectivity index (χ1v) is 2.48. The number of rotatable bonds is 1. The lowest BCUT2D eigenvalue weighted by Gasteiger charge is -1.95. The van der Waals surface area contributed by atoms with Gasteiger partial charge >= 0.3 is 11.7 Å². The van der Waals surface area contributed by atoms with E-state index in [0.29, 0.717) is 0 Å². The summed E-state index contributed by atoms with van der Waals surface area (Å²) in [5.41, 5.74) is -0.373. The zero-order valence-electron chi connectivity index (χ0n) is 4.89. The van der Waals surface area contributed by atoms with E-state index in [9.17, 15) is 10.0 Å². The first-order chi connectivity index (χ1) is 4.72. The Hall–Kier alpha value is -1.65. The summed E-state index contributed by atoms with van der Waals surface area (Å²) in [4.78, 5) is 13.6. The van der Waals surface area contributed by atoms with E-state index in [1.54, 1.807) is 0 Å². The van der Waals surface area contributed by atoms with Gasteiger partial charge in [0, 0.05) is 0 Å². The van der Waals surface area contributed by atoms with Crippen molar-refractivity contribution in [3.8, 4) is 0 Å². The monoisotopic (exact) mass is 140 g/mol. The fourth-order valence-corrected chi connectivity index (χ4v) is 0.499. The molecule has 52 valence electrons. The van der Waals surface area contributed by atoms with Crippen LogP contribution in [0.25, 0.3) is 0 Å². The Labute approximate surface area is 56.1 Å². The minimum absolute atomic E-state index is 0.245. The molecular weight excluding hydrogens is 136 g/mol. The van der Waals surface area contributed by atoms with E-state index in [1.165, 1.54) is 6.20 Å². The van der Waals surface area contributed by atoms with E-state index in [2.05, 4.69) is 4.98 Å². The molecule has 0 saturated heterocycles. The van der Waals surface area contributed by atoms with E-state index in [-0.39, 0.29) is 10.4 Å². The average molecular weight is 140 g/mol. The minimum Gasteiger partial charge on any atom is -0.618 e. The van der Waals surface area contributed by atoms with Gasteiger partial charge in [-0.3, -0.25) is 4.98 Å². The summed E-state index contributed by atoms with van der Waals surface area (Å²) in [6.07, 6.45) is 3.25. The SMILES string of the molecule is O=C(O)c1cncc[n+]1[O-]. The van der Waals surface area contributed by atoms with Crippen molar-refractivity contribution in [2.75, 3.05) is 0 Å². The van der Waals surface area contributed by atoms with Crippen LogP contribution in [0.15, 0.2) is 18.6 Å². The van der Waals surface area contributed by atoms with Crippen LogP contribution in [-0.4, -0.2) is 16.1 Å². The number of carboxylic acids is 1. The average Bonchev–Trinajstić information content (AvgIpc) is 1.88. The Bertz CT molecular complexity index is 261. The highest BCUT2D eigenvalue weighted by Crippen LogP contribution is 1.84. The lowest BCUT2D eigenvalue weighted by molar-refractivity contribution is -0.609. The van der Waals surface area contributed by atoms with Gasteiger partial charge in [-0.2, -0.15) is 4.73 Å². The highest BCUT2D eigenvalue weighted by atomic mass is 16.5. The van der Waals surface area contributed by atoms with Crippen molar-refractivity contribution in [1.82, 2.24) is 4.98 Å². The van der Waals surface area contributed by atoms with Crippen molar-refractivity contribution in [3.05, 3.63) is 29.5 Å². The van der Waals surface area contributed by atoms with Crippen molar-refractivity contribution in [3.63, 3.8) is 0 Å². The zero-order chi connectivity index (χ0) is 7.56. The lowest BCUT2D eigenvalue weighted by atomic mass is 10.5. The summed E-state index contributed by atoms with van der Waals surface area (Å²) in [6, 6.07) is 0. The Morgan fingerprint density at radius 1 is 1.80 bits per heavy atom. The Morgan fingerprint density at radius 3 is 2.90 bits per heavy atom. The molecule has 0 atom stereocenters. The van der Waals surface area contributed by atoms with Crippen molar-refractivity contribution in [2.24, 2.45) is 0 Å². The molecule has 0 fully saturated rings. The van der Waals surface area contributed by atoms with Crippen LogP contribution in [0.4, 0.5) is 0 Å². The van der Waals surface area contributed by atoms with Crippen LogP contribution >= 0.6 is 0 Å². The number of hydrogen-bond acceptors (Lipinski definition) is 3. The molecule has 5 heteroatoms. The molecular formula is C5H4N2O3. The number of hydrogen-bond donors (Lipinski definition) is 1. The maximum atomic E-state index is 10.6. The van der Waals surface area contributed by atoms with Gasteiger partial charge in [0.25, 0.3) is 0 Å². The van der Waals surface area contributed by atoms with Gasteiger partial charge in [0.15, 0.2) is 6.20 Å². The van der Waals surface area contributed by atoms with Crippen LogP contribution in [0.3, 0.4) is 0 Å². The highest BCUT2D eigenvalue weighted by molar-refractivity contribution is 5.83. The third-order valence-corrected chi connectivity index (χ3v) is 0.941. The number of aromatic carboxylic acids is 1. The summed E-state index contributed by atoms with van der Waals surface area (Å²) in [6.45, 7) is 0. The van der Waals surface area contributed by atoms with Gasteiger partial charge in [-0.25, -0.2) is 4.79 Å². The molecule has 0 aliphatic rings. The Balaban J connectivity index is 3.15. The molecule has 1 aromatic rings. The predicted octanol–water partition coefficient (Wildman–Crippen LogP) is -0.587. The number of carbonyl (C=O) groups is 1. The molecule has 5 nitrogen and oxygen atoms in total. The van der Waals surface area contributed by atoms with Crippen LogP contribution in [0.5, 0.6) is 0 Å². The Kier molecular flexibility index (Phi) is 1.49. The third-order valence-electron chi connectivity index (χ3n) is 0.941. The summed E-state index contributed by atoms with van der Waals surface area (Å²) in [5, 5.41) is 18.9. The van der Waals surface area contributed by atoms with Gasteiger partial charge < -0.3 is 10.3 Å². The van der Waals surface area contributed by atoms with E-state index < -0.39 is 5.97 Å². The molecule has 1 N–H and O–H groups in total. The van der Waals surface area contributed by atoms with Crippen LogP contribution in [0.1, 0.15) is 10.5 Å². The quantitative estimate of drug-likeness (QED) is 0.418. The molecule has 0 saturated carbocycles. The number of aromatic nitrogens is 2. The molecule has 0 radical (unpaired) electrons. The van der Waals surface area contributed by atoms with Crippen molar-refractivity contribution in [1.29, 1.82) is 0 Å². The first kappa shape index (κ1) is 6.47. The fourth-order valence-electron chi connectivity index (χ4n) is 0.499. The van der Waals surface area contributed by atoms with Gasteiger partial charge in [-0.05, 0) is 0 Å². The summed E-state index contributed by atoms with van der Waals surface area (Å²) < 4.78 is 0.245. The third kappa shape index (κ3) is 1.02. The molecule has 0 aromatic carbocycles.